The highest BCUT2D eigenvalue weighted by molar-refractivity contribution is 5.58. The monoisotopic (exact) mass is 243 g/mol. The summed E-state index contributed by atoms with van der Waals surface area (Å²) in [4.78, 5) is 10.2. The molecule has 1 saturated heterocycles. The van der Waals surface area contributed by atoms with Crippen LogP contribution in [0.4, 0.5) is 0 Å². The Morgan fingerprint density at radius 2 is 2.17 bits per heavy atom. The fraction of sp³-hybridized carbons (Fsp3) is 0.357. The maximum absolute atomic E-state index is 5.52. The van der Waals surface area contributed by atoms with Gasteiger partial charge in [0.15, 0.2) is 0 Å². The second-order valence-electron chi connectivity index (χ2n) is 4.62. The number of ether oxygens (including phenoxy) is 1. The second-order valence-corrected chi connectivity index (χ2v) is 4.62. The van der Waals surface area contributed by atoms with Crippen molar-refractivity contribution in [2.75, 3.05) is 26.8 Å². The highest BCUT2D eigenvalue weighted by Crippen LogP contribution is 2.23. The van der Waals surface area contributed by atoms with E-state index in [1.807, 2.05) is 24.4 Å². The number of benzene rings is 1. The molecule has 0 aliphatic carbocycles. The lowest BCUT2D eigenvalue weighted by molar-refractivity contribution is 0.00215. The van der Waals surface area contributed by atoms with Crippen molar-refractivity contribution >= 4 is 0 Å². The number of aromatic amines is 1. The lowest BCUT2D eigenvalue weighted by Gasteiger charge is -2.30. The lowest BCUT2D eigenvalue weighted by atomic mass is 10.2. The fourth-order valence-corrected chi connectivity index (χ4v) is 2.24. The van der Waals surface area contributed by atoms with E-state index in [2.05, 4.69) is 34.0 Å². The molecule has 0 radical (unpaired) electrons. The lowest BCUT2D eigenvalue weighted by Crippen LogP contribution is -2.37. The number of imidazole rings is 1. The van der Waals surface area contributed by atoms with Crippen LogP contribution in [0.5, 0.6) is 0 Å². The first kappa shape index (κ1) is 11.4. The molecule has 1 aromatic heterocycles. The maximum atomic E-state index is 5.52. The van der Waals surface area contributed by atoms with Gasteiger partial charge in [0.25, 0.3) is 0 Å². The van der Waals surface area contributed by atoms with Gasteiger partial charge in [0.1, 0.15) is 5.82 Å². The quantitative estimate of drug-likeness (QED) is 0.878. The number of likely N-dealkylation sites (N-methyl/N-ethyl adjacent to an activating group) is 1. The van der Waals surface area contributed by atoms with E-state index in [0.717, 1.165) is 30.2 Å². The van der Waals surface area contributed by atoms with Crippen LogP contribution in [0.25, 0.3) is 11.3 Å². The zero-order chi connectivity index (χ0) is 12.4. The van der Waals surface area contributed by atoms with Gasteiger partial charge in [0.2, 0.25) is 0 Å². The molecule has 1 atom stereocenters. The van der Waals surface area contributed by atoms with E-state index in [1.165, 1.54) is 0 Å². The highest BCUT2D eigenvalue weighted by atomic mass is 16.5. The highest BCUT2D eigenvalue weighted by Gasteiger charge is 2.23. The normalized spacial score (nSPS) is 21.1. The SMILES string of the molecule is CN1CCOC[C@H]1c1ncc(-c2ccccc2)[nH]1. The molecule has 3 rings (SSSR count). The molecule has 4 heteroatoms. The second kappa shape index (κ2) is 4.92. The van der Waals surface area contributed by atoms with Crippen LogP contribution < -0.4 is 0 Å². The van der Waals surface area contributed by atoms with Crippen LogP contribution in [0.15, 0.2) is 36.5 Å². The fourth-order valence-electron chi connectivity index (χ4n) is 2.24. The molecule has 1 N–H and O–H groups in total. The first-order chi connectivity index (χ1) is 8.84. The summed E-state index contributed by atoms with van der Waals surface area (Å²) < 4.78 is 5.52. The third-order valence-electron chi connectivity index (χ3n) is 3.39. The number of nitrogens with one attached hydrogen (secondary N) is 1. The molecule has 2 aromatic rings. The zero-order valence-corrected chi connectivity index (χ0v) is 10.5. The van der Waals surface area contributed by atoms with Crippen LogP contribution in [0.1, 0.15) is 11.9 Å². The van der Waals surface area contributed by atoms with Crippen LogP contribution in [0.3, 0.4) is 0 Å². The summed E-state index contributed by atoms with van der Waals surface area (Å²) in [6.07, 6.45) is 1.90. The molecule has 1 fully saturated rings. The van der Waals surface area contributed by atoms with Gasteiger partial charge in [-0.05, 0) is 12.6 Å². The topological polar surface area (TPSA) is 41.1 Å². The number of H-pyrrole nitrogens is 1. The summed E-state index contributed by atoms with van der Waals surface area (Å²) in [5.74, 6) is 0.982. The first-order valence-corrected chi connectivity index (χ1v) is 6.23. The summed E-state index contributed by atoms with van der Waals surface area (Å²) in [5.41, 5.74) is 2.22. The Labute approximate surface area is 107 Å². The van der Waals surface area contributed by atoms with Gasteiger partial charge in [0, 0.05) is 6.54 Å². The Bertz CT molecular complexity index is 509. The molecule has 1 aliphatic rings. The Hall–Kier alpha value is -1.65. The minimum atomic E-state index is 0.233. The molecule has 18 heavy (non-hydrogen) atoms. The minimum Gasteiger partial charge on any atom is -0.378 e. The molecule has 0 bridgehead atoms. The van der Waals surface area contributed by atoms with Crippen LogP contribution in [-0.2, 0) is 4.74 Å². The number of aromatic nitrogens is 2. The molecule has 4 nitrogen and oxygen atoms in total. The number of rotatable bonds is 2. The van der Waals surface area contributed by atoms with Crippen molar-refractivity contribution in [3.63, 3.8) is 0 Å². The van der Waals surface area contributed by atoms with Gasteiger partial charge < -0.3 is 9.72 Å². The Kier molecular flexibility index (Phi) is 3.13. The van der Waals surface area contributed by atoms with E-state index in [4.69, 9.17) is 4.74 Å². The number of morpholine rings is 1. The summed E-state index contributed by atoms with van der Waals surface area (Å²) in [7, 11) is 2.11. The van der Waals surface area contributed by atoms with Crippen molar-refractivity contribution < 1.29 is 4.74 Å². The van der Waals surface area contributed by atoms with E-state index in [-0.39, 0.29) is 6.04 Å². The molecule has 0 spiro atoms. The average molecular weight is 243 g/mol. The van der Waals surface area contributed by atoms with Crippen LogP contribution in [0, 0.1) is 0 Å². The largest absolute Gasteiger partial charge is 0.378 e. The van der Waals surface area contributed by atoms with Gasteiger partial charge in [-0.15, -0.1) is 0 Å². The third kappa shape index (κ3) is 2.17. The summed E-state index contributed by atoms with van der Waals surface area (Å²) in [5, 5.41) is 0. The van der Waals surface area contributed by atoms with Crippen molar-refractivity contribution in [1.29, 1.82) is 0 Å². The smallest absolute Gasteiger partial charge is 0.126 e. The Morgan fingerprint density at radius 1 is 1.33 bits per heavy atom. The standard InChI is InChI=1S/C14H17N3O/c1-17-7-8-18-10-13(17)14-15-9-12(16-14)11-5-3-2-4-6-11/h2-6,9,13H,7-8,10H2,1H3,(H,15,16)/t13-/m0/s1. The molecular formula is C14H17N3O. The molecule has 2 heterocycles. The van der Waals surface area contributed by atoms with E-state index >= 15 is 0 Å². The molecule has 1 aliphatic heterocycles. The average Bonchev–Trinajstić information content (AvgIpc) is 2.90. The number of hydrogen-bond acceptors (Lipinski definition) is 3. The van der Waals surface area contributed by atoms with Crippen LogP contribution in [-0.4, -0.2) is 41.7 Å². The van der Waals surface area contributed by atoms with Gasteiger partial charge in [-0.25, -0.2) is 4.98 Å². The van der Waals surface area contributed by atoms with Gasteiger partial charge in [0.05, 0.1) is 31.1 Å². The summed E-state index contributed by atoms with van der Waals surface area (Å²) in [6, 6.07) is 10.5. The Morgan fingerprint density at radius 3 is 2.94 bits per heavy atom. The predicted octanol–water partition coefficient (Wildman–Crippen LogP) is 2.08. The molecule has 94 valence electrons. The Balaban J connectivity index is 1.85. The summed E-state index contributed by atoms with van der Waals surface area (Å²) in [6.45, 7) is 2.46. The minimum absolute atomic E-state index is 0.233. The van der Waals surface area contributed by atoms with E-state index < -0.39 is 0 Å². The van der Waals surface area contributed by atoms with E-state index in [1.54, 1.807) is 0 Å². The van der Waals surface area contributed by atoms with Crippen LogP contribution >= 0.6 is 0 Å². The van der Waals surface area contributed by atoms with Crippen molar-refractivity contribution in [3.05, 3.63) is 42.4 Å². The van der Waals surface area contributed by atoms with Crippen molar-refractivity contribution in [2.45, 2.75) is 6.04 Å². The van der Waals surface area contributed by atoms with Crippen molar-refractivity contribution in [3.8, 4) is 11.3 Å². The van der Waals surface area contributed by atoms with Gasteiger partial charge in [-0.2, -0.15) is 0 Å². The zero-order valence-electron chi connectivity index (χ0n) is 10.5. The van der Waals surface area contributed by atoms with E-state index in [9.17, 15) is 0 Å². The molecular weight excluding hydrogens is 226 g/mol. The van der Waals surface area contributed by atoms with Crippen molar-refractivity contribution in [1.82, 2.24) is 14.9 Å². The molecule has 0 unspecified atom stereocenters. The van der Waals surface area contributed by atoms with Gasteiger partial charge >= 0.3 is 0 Å². The van der Waals surface area contributed by atoms with Gasteiger partial charge in [-0.1, -0.05) is 30.3 Å². The first-order valence-electron chi connectivity index (χ1n) is 6.23. The number of hydrogen-bond donors (Lipinski definition) is 1. The predicted molar refractivity (Wildman–Crippen MR) is 70.2 cm³/mol. The molecule has 1 aromatic carbocycles. The summed E-state index contributed by atoms with van der Waals surface area (Å²) >= 11 is 0. The van der Waals surface area contributed by atoms with Crippen LogP contribution in [0.2, 0.25) is 0 Å². The maximum Gasteiger partial charge on any atom is 0.126 e. The van der Waals surface area contributed by atoms with E-state index in [0.29, 0.717) is 6.61 Å². The number of nitrogens with zero attached hydrogens (tertiary/aromatic N) is 2. The molecule has 0 saturated carbocycles. The molecule has 0 amide bonds. The third-order valence-corrected chi connectivity index (χ3v) is 3.39. The van der Waals surface area contributed by atoms with Gasteiger partial charge in [-0.3, -0.25) is 4.90 Å². The van der Waals surface area contributed by atoms with Crippen molar-refractivity contribution in [2.24, 2.45) is 0 Å².